The van der Waals surface area contributed by atoms with Crippen molar-refractivity contribution in [2.45, 2.75) is 13.3 Å². The number of hydrogen-bond acceptors (Lipinski definition) is 4. The number of halogens is 1. The molecule has 0 saturated carbocycles. The molecule has 134 valence electrons. The first-order chi connectivity index (χ1) is 12.4. The molecule has 0 saturated heterocycles. The molecule has 0 aliphatic heterocycles. The highest BCUT2D eigenvalue weighted by atomic mass is 19.1. The molecule has 0 atom stereocenters. The largest absolute Gasteiger partial charge is 0.462 e. The van der Waals surface area contributed by atoms with E-state index in [1.807, 2.05) is 12.1 Å². The SMILES string of the molecule is C=CC(=O)OCCc1ccc(-c2ccc(OC(=O)C(=C)C)cc2F)cc1. The van der Waals surface area contributed by atoms with Crippen molar-refractivity contribution in [3.8, 4) is 16.9 Å². The highest BCUT2D eigenvalue weighted by Crippen LogP contribution is 2.27. The quantitative estimate of drug-likeness (QED) is 0.424. The third kappa shape index (κ3) is 5.14. The van der Waals surface area contributed by atoms with Gasteiger partial charge in [0.15, 0.2) is 0 Å². The lowest BCUT2D eigenvalue weighted by Crippen LogP contribution is -2.08. The van der Waals surface area contributed by atoms with Gasteiger partial charge in [0.25, 0.3) is 0 Å². The van der Waals surface area contributed by atoms with Gasteiger partial charge in [-0.05, 0) is 30.2 Å². The molecule has 5 heteroatoms. The van der Waals surface area contributed by atoms with E-state index >= 15 is 0 Å². The third-order valence-corrected chi connectivity index (χ3v) is 3.57. The first-order valence-electron chi connectivity index (χ1n) is 7.96. The molecule has 0 radical (unpaired) electrons. The van der Waals surface area contributed by atoms with Gasteiger partial charge in [-0.1, -0.05) is 37.4 Å². The molecule has 0 unspecified atom stereocenters. The molecule has 2 aromatic rings. The molecule has 0 spiro atoms. The molecule has 0 N–H and O–H groups in total. The van der Waals surface area contributed by atoms with Crippen LogP contribution in [0.5, 0.6) is 5.75 Å². The summed E-state index contributed by atoms with van der Waals surface area (Å²) in [5, 5.41) is 0. The van der Waals surface area contributed by atoms with Gasteiger partial charge in [0.1, 0.15) is 11.6 Å². The van der Waals surface area contributed by atoms with Gasteiger partial charge in [-0.3, -0.25) is 0 Å². The number of carbonyl (C=O) groups excluding carboxylic acids is 2. The summed E-state index contributed by atoms with van der Waals surface area (Å²) in [5.41, 5.74) is 2.28. The summed E-state index contributed by atoms with van der Waals surface area (Å²) in [6.45, 7) is 8.58. The van der Waals surface area contributed by atoms with Crippen LogP contribution in [0.4, 0.5) is 4.39 Å². The van der Waals surface area contributed by atoms with Crippen molar-refractivity contribution in [3.05, 3.63) is 78.7 Å². The smallest absolute Gasteiger partial charge is 0.338 e. The standard InChI is InChI=1S/C21H19FO4/c1-4-20(23)25-12-11-15-5-7-16(8-6-15)18-10-9-17(13-19(18)22)26-21(24)14(2)3/h4-10,13H,1-2,11-12H2,3H3. The van der Waals surface area contributed by atoms with E-state index in [0.717, 1.165) is 11.6 Å². The lowest BCUT2D eigenvalue weighted by molar-refractivity contribution is -0.137. The van der Waals surface area contributed by atoms with Gasteiger partial charge in [0.05, 0.1) is 6.61 Å². The zero-order chi connectivity index (χ0) is 19.1. The van der Waals surface area contributed by atoms with E-state index in [-0.39, 0.29) is 17.9 Å². The number of benzene rings is 2. The maximum atomic E-state index is 14.3. The Labute approximate surface area is 151 Å². The predicted molar refractivity (Wildman–Crippen MR) is 97.1 cm³/mol. The number of hydrogen-bond donors (Lipinski definition) is 0. The highest BCUT2D eigenvalue weighted by Gasteiger charge is 2.10. The van der Waals surface area contributed by atoms with Gasteiger partial charge in [0.2, 0.25) is 0 Å². The summed E-state index contributed by atoms with van der Waals surface area (Å²) in [6.07, 6.45) is 1.67. The molecular formula is C21H19FO4. The van der Waals surface area contributed by atoms with Crippen LogP contribution in [0.1, 0.15) is 12.5 Å². The van der Waals surface area contributed by atoms with Crippen LogP contribution in [0.15, 0.2) is 67.3 Å². The topological polar surface area (TPSA) is 52.6 Å². The number of rotatable bonds is 7. The molecule has 2 rings (SSSR count). The molecular weight excluding hydrogens is 335 g/mol. The van der Waals surface area contributed by atoms with Crippen molar-refractivity contribution >= 4 is 11.9 Å². The molecule has 0 heterocycles. The van der Waals surface area contributed by atoms with E-state index in [9.17, 15) is 14.0 Å². The van der Waals surface area contributed by atoms with E-state index < -0.39 is 17.8 Å². The normalized spacial score (nSPS) is 10.1. The van der Waals surface area contributed by atoms with Gasteiger partial charge < -0.3 is 9.47 Å². The summed E-state index contributed by atoms with van der Waals surface area (Å²) in [7, 11) is 0. The Balaban J connectivity index is 2.06. The number of ether oxygens (including phenoxy) is 2. The summed E-state index contributed by atoms with van der Waals surface area (Å²) in [4.78, 5) is 22.5. The van der Waals surface area contributed by atoms with Crippen molar-refractivity contribution in [1.82, 2.24) is 0 Å². The third-order valence-electron chi connectivity index (χ3n) is 3.57. The molecule has 0 amide bonds. The number of carbonyl (C=O) groups is 2. The van der Waals surface area contributed by atoms with Gasteiger partial charge in [0, 0.05) is 29.7 Å². The van der Waals surface area contributed by atoms with Crippen LogP contribution in [-0.4, -0.2) is 18.5 Å². The average molecular weight is 354 g/mol. The van der Waals surface area contributed by atoms with Gasteiger partial charge in [-0.2, -0.15) is 0 Å². The minimum atomic E-state index is -0.598. The van der Waals surface area contributed by atoms with Gasteiger partial charge >= 0.3 is 11.9 Å². The lowest BCUT2D eigenvalue weighted by Gasteiger charge is -2.08. The van der Waals surface area contributed by atoms with Gasteiger partial charge in [-0.25, -0.2) is 14.0 Å². The second kappa shape index (κ2) is 8.76. The molecule has 0 bridgehead atoms. The first kappa shape index (κ1) is 19.1. The maximum absolute atomic E-state index is 14.3. The molecule has 0 aliphatic rings. The fourth-order valence-electron chi connectivity index (χ4n) is 2.17. The van der Waals surface area contributed by atoms with Crippen LogP contribution in [0.2, 0.25) is 0 Å². The van der Waals surface area contributed by atoms with E-state index in [2.05, 4.69) is 13.2 Å². The second-order valence-electron chi connectivity index (χ2n) is 5.63. The van der Waals surface area contributed by atoms with Crippen LogP contribution in [0.25, 0.3) is 11.1 Å². The Hall–Kier alpha value is -3.21. The highest BCUT2D eigenvalue weighted by molar-refractivity contribution is 5.88. The first-order valence-corrected chi connectivity index (χ1v) is 7.96. The second-order valence-corrected chi connectivity index (χ2v) is 5.63. The lowest BCUT2D eigenvalue weighted by atomic mass is 10.0. The zero-order valence-corrected chi connectivity index (χ0v) is 14.5. The van der Waals surface area contributed by atoms with E-state index in [1.165, 1.54) is 19.1 Å². The van der Waals surface area contributed by atoms with E-state index in [1.54, 1.807) is 18.2 Å². The van der Waals surface area contributed by atoms with Crippen molar-refractivity contribution in [2.75, 3.05) is 6.61 Å². The monoisotopic (exact) mass is 354 g/mol. The van der Waals surface area contributed by atoms with Gasteiger partial charge in [-0.15, -0.1) is 0 Å². The Bertz CT molecular complexity index is 838. The molecule has 26 heavy (non-hydrogen) atoms. The van der Waals surface area contributed by atoms with Crippen molar-refractivity contribution < 1.29 is 23.5 Å². The number of esters is 2. The van der Waals surface area contributed by atoms with Crippen LogP contribution < -0.4 is 4.74 Å². The Morgan fingerprint density at radius 3 is 2.42 bits per heavy atom. The average Bonchev–Trinajstić information content (AvgIpc) is 2.62. The van der Waals surface area contributed by atoms with Crippen molar-refractivity contribution in [1.29, 1.82) is 0 Å². The van der Waals surface area contributed by atoms with Crippen molar-refractivity contribution in [2.24, 2.45) is 0 Å². The molecule has 4 nitrogen and oxygen atoms in total. The Morgan fingerprint density at radius 1 is 1.15 bits per heavy atom. The summed E-state index contributed by atoms with van der Waals surface area (Å²) in [5.74, 6) is -1.43. The predicted octanol–water partition coefficient (Wildman–Crippen LogP) is 4.25. The maximum Gasteiger partial charge on any atom is 0.338 e. The Morgan fingerprint density at radius 2 is 1.85 bits per heavy atom. The molecule has 0 aliphatic carbocycles. The summed E-state index contributed by atoms with van der Waals surface area (Å²) < 4.78 is 24.3. The van der Waals surface area contributed by atoms with Crippen LogP contribution >= 0.6 is 0 Å². The summed E-state index contributed by atoms with van der Waals surface area (Å²) >= 11 is 0. The van der Waals surface area contributed by atoms with Crippen LogP contribution in [-0.2, 0) is 20.7 Å². The fraction of sp³-hybridized carbons (Fsp3) is 0.143. The van der Waals surface area contributed by atoms with Crippen LogP contribution in [0, 0.1) is 5.82 Å². The van der Waals surface area contributed by atoms with E-state index in [0.29, 0.717) is 17.5 Å². The fourth-order valence-corrected chi connectivity index (χ4v) is 2.17. The minimum absolute atomic E-state index is 0.125. The van der Waals surface area contributed by atoms with E-state index in [4.69, 9.17) is 9.47 Å². The van der Waals surface area contributed by atoms with Crippen molar-refractivity contribution in [3.63, 3.8) is 0 Å². The Kier molecular flexibility index (Phi) is 6.44. The summed E-state index contributed by atoms with van der Waals surface area (Å²) in [6, 6.07) is 11.5. The molecule has 0 fully saturated rings. The van der Waals surface area contributed by atoms with Crippen LogP contribution in [0.3, 0.4) is 0 Å². The zero-order valence-electron chi connectivity index (χ0n) is 14.5. The molecule has 2 aromatic carbocycles. The molecule has 0 aromatic heterocycles. The minimum Gasteiger partial charge on any atom is -0.462 e.